The molecule has 1 aliphatic rings. The van der Waals surface area contributed by atoms with Gasteiger partial charge in [-0.2, -0.15) is 0 Å². The number of hydrogen-bond donors (Lipinski definition) is 1. The van der Waals surface area contributed by atoms with Gasteiger partial charge in [-0.25, -0.2) is 0 Å². The van der Waals surface area contributed by atoms with E-state index in [1.807, 2.05) is 39.0 Å². The summed E-state index contributed by atoms with van der Waals surface area (Å²) >= 11 is 0. The van der Waals surface area contributed by atoms with E-state index in [-0.39, 0.29) is 17.9 Å². The first-order valence-electron chi connectivity index (χ1n) is 7.40. The van der Waals surface area contributed by atoms with Gasteiger partial charge in [0.05, 0.1) is 5.69 Å². The van der Waals surface area contributed by atoms with Gasteiger partial charge in [-0.05, 0) is 18.9 Å². The summed E-state index contributed by atoms with van der Waals surface area (Å²) in [6.45, 7) is 5.81. The van der Waals surface area contributed by atoms with Crippen LogP contribution in [0.3, 0.4) is 0 Å². The second-order valence-corrected chi connectivity index (χ2v) is 5.99. The summed E-state index contributed by atoms with van der Waals surface area (Å²) in [6, 6.07) is 10.5. The Kier molecular flexibility index (Phi) is 3.53. The van der Waals surface area contributed by atoms with Crippen molar-refractivity contribution >= 4 is 5.91 Å². The third kappa shape index (κ3) is 2.71. The third-order valence-corrected chi connectivity index (χ3v) is 3.98. The molecule has 2 atom stereocenters. The molecule has 2 aromatic rings. The first-order valence-corrected chi connectivity index (χ1v) is 7.40. The molecule has 1 aromatic carbocycles. The van der Waals surface area contributed by atoms with Crippen LogP contribution in [0.4, 0.5) is 0 Å². The van der Waals surface area contributed by atoms with Crippen LogP contribution in [0.1, 0.15) is 59.5 Å². The van der Waals surface area contributed by atoms with Gasteiger partial charge in [0.2, 0.25) is 0 Å². The number of nitrogens with zero attached hydrogens (tertiary/aromatic N) is 1. The summed E-state index contributed by atoms with van der Waals surface area (Å²) in [6.07, 6.45) is 0.997. The molecule has 0 radical (unpaired) electrons. The second kappa shape index (κ2) is 5.35. The van der Waals surface area contributed by atoms with Crippen molar-refractivity contribution in [3.8, 4) is 0 Å². The van der Waals surface area contributed by atoms with Crippen molar-refractivity contribution in [3.05, 3.63) is 52.9 Å². The van der Waals surface area contributed by atoms with Crippen LogP contribution in [-0.2, 0) is 0 Å². The van der Waals surface area contributed by atoms with E-state index in [0.29, 0.717) is 22.9 Å². The molecule has 110 valence electrons. The lowest BCUT2D eigenvalue weighted by molar-refractivity contribution is 0.0947. The zero-order valence-electron chi connectivity index (χ0n) is 12.6. The number of amides is 1. The van der Waals surface area contributed by atoms with E-state index < -0.39 is 0 Å². The van der Waals surface area contributed by atoms with Crippen molar-refractivity contribution in [2.24, 2.45) is 0 Å². The van der Waals surface area contributed by atoms with Crippen LogP contribution in [0.15, 0.2) is 34.9 Å². The molecule has 0 spiro atoms. The maximum atomic E-state index is 12.5. The maximum absolute atomic E-state index is 12.5. The largest absolute Gasteiger partial charge is 0.360 e. The minimum absolute atomic E-state index is 0.0686. The van der Waals surface area contributed by atoms with E-state index in [1.165, 1.54) is 5.56 Å². The Morgan fingerprint density at radius 3 is 2.71 bits per heavy atom. The van der Waals surface area contributed by atoms with Crippen molar-refractivity contribution in [1.29, 1.82) is 0 Å². The number of hydrogen-bond acceptors (Lipinski definition) is 3. The zero-order valence-corrected chi connectivity index (χ0v) is 12.6. The van der Waals surface area contributed by atoms with Gasteiger partial charge in [0.1, 0.15) is 5.56 Å². The van der Waals surface area contributed by atoms with Crippen molar-refractivity contribution in [3.63, 3.8) is 0 Å². The average Bonchev–Trinajstić information content (AvgIpc) is 3.11. The Bertz CT molecular complexity index is 646. The minimum atomic E-state index is -0.0686. The second-order valence-electron chi connectivity index (χ2n) is 5.99. The van der Waals surface area contributed by atoms with E-state index in [2.05, 4.69) is 22.6 Å². The van der Waals surface area contributed by atoms with Crippen molar-refractivity contribution in [2.75, 3.05) is 0 Å². The average molecular weight is 284 g/mol. The molecule has 1 fully saturated rings. The van der Waals surface area contributed by atoms with E-state index in [1.54, 1.807) is 0 Å². The number of aryl methyl sites for hydroxylation is 1. The van der Waals surface area contributed by atoms with Gasteiger partial charge >= 0.3 is 0 Å². The van der Waals surface area contributed by atoms with Crippen LogP contribution < -0.4 is 5.32 Å². The highest BCUT2D eigenvalue weighted by molar-refractivity contribution is 5.96. The molecule has 0 bridgehead atoms. The fraction of sp³-hybridized carbons (Fsp3) is 0.412. The molecular formula is C17H20N2O2. The summed E-state index contributed by atoms with van der Waals surface area (Å²) < 4.78 is 5.28. The van der Waals surface area contributed by atoms with Gasteiger partial charge in [-0.15, -0.1) is 0 Å². The van der Waals surface area contributed by atoms with Crippen molar-refractivity contribution < 1.29 is 9.32 Å². The molecule has 3 rings (SSSR count). The number of rotatable bonds is 4. The molecule has 1 aliphatic carbocycles. The first-order chi connectivity index (χ1) is 10.1. The molecule has 1 amide bonds. The lowest BCUT2D eigenvalue weighted by Gasteiger charge is -2.07. The summed E-state index contributed by atoms with van der Waals surface area (Å²) in [7, 11) is 0. The summed E-state index contributed by atoms with van der Waals surface area (Å²) in [5.41, 5.74) is 2.55. The SMILES string of the molecule is Cc1noc(C(C)C)c1C(=O)N[C@H]1C[C@H]1c1ccccc1. The number of carbonyl (C=O) groups excluding carboxylic acids is 1. The smallest absolute Gasteiger partial charge is 0.257 e. The Morgan fingerprint density at radius 2 is 2.05 bits per heavy atom. The number of nitrogens with one attached hydrogen (secondary N) is 1. The van der Waals surface area contributed by atoms with Crippen LogP contribution in [0.25, 0.3) is 0 Å². The van der Waals surface area contributed by atoms with E-state index in [0.717, 1.165) is 6.42 Å². The summed E-state index contributed by atoms with van der Waals surface area (Å²) in [5, 5.41) is 7.03. The molecule has 0 unspecified atom stereocenters. The molecule has 21 heavy (non-hydrogen) atoms. The highest BCUT2D eigenvalue weighted by Gasteiger charge is 2.40. The predicted octanol–water partition coefficient (Wildman–Crippen LogP) is 3.39. The third-order valence-electron chi connectivity index (χ3n) is 3.98. The highest BCUT2D eigenvalue weighted by atomic mass is 16.5. The first kappa shape index (κ1) is 13.9. The van der Waals surface area contributed by atoms with E-state index >= 15 is 0 Å². The molecule has 0 saturated heterocycles. The maximum Gasteiger partial charge on any atom is 0.257 e. The van der Waals surface area contributed by atoms with Crippen LogP contribution in [0, 0.1) is 6.92 Å². The quantitative estimate of drug-likeness (QED) is 0.936. The van der Waals surface area contributed by atoms with Gasteiger partial charge in [0.25, 0.3) is 5.91 Å². The van der Waals surface area contributed by atoms with E-state index in [4.69, 9.17) is 4.52 Å². The summed E-state index contributed by atoms with van der Waals surface area (Å²) in [4.78, 5) is 12.5. The number of carbonyl (C=O) groups is 1. The van der Waals surface area contributed by atoms with Gasteiger partial charge in [0.15, 0.2) is 5.76 Å². The van der Waals surface area contributed by atoms with E-state index in [9.17, 15) is 4.79 Å². The van der Waals surface area contributed by atoms with Crippen LogP contribution in [0.2, 0.25) is 0 Å². The predicted molar refractivity (Wildman–Crippen MR) is 80.4 cm³/mol. The molecular weight excluding hydrogens is 264 g/mol. The Labute approximate surface area is 124 Å². The molecule has 4 nitrogen and oxygen atoms in total. The number of aromatic nitrogens is 1. The van der Waals surface area contributed by atoms with Crippen LogP contribution in [0.5, 0.6) is 0 Å². The molecule has 1 N–H and O–H groups in total. The molecule has 1 heterocycles. The Balaban J connectivity index is 1.70. The summed E-state index contributed by atoms with van der Waals surface area (Å²) in [5.74, 6) is 1.18. The van der Waals surface area contributed by atoms with Gasteiger partial charge in [0, 0.05) is 17.9 Å². The van der Waals surface area contributed by atoms with Gasteiger partial charge in [-0.3, -0.25) is 4.79 Å². The Morgan fingerprint density at radius 1 is 1.33 bits per heavy atom. The fourth-order valence-electron chi connectivity index (χ4n) is 2.72. The standard InChI is InChI=1S/C17H20N2O2/c1-10(2)16-15(11(3)19-21-16)17(20)18-14-9-13(14)12-7-5-4-6-8-12/h4-8,10,13-14H,9H2,1-3H3,(H,18,20)/t13-,14-/m0/s1. The van der Waals surface area contributed by atoms with Crippen LogP contribution in [-0.4, -0.2) is 17.1 Å². The minimum Gasteiger partial charge on any atom is -0.360 e. The molecule has 1 saturated carbocycles. The lowest BCUT2D eigenvalue weighted by Crippen LogP contribution is -2.27. The van der Waals surface area contributed by atoms with Gasteiger partial charge < -0.3 is 9.84 Å². The molecule has 4 heteroatoms. The topological polar surface area (TPSA) is 55.1 Å². The fourth-order valence-corrected chi connectivity index (χ4v) is 2.72. The van der Waals surface area contributed by atoms with Gasteiger partial charge in [-0.1, -0.05) is 49.3 Å². The molecule has 1 aromatic heterocycles. The monoisotopic (exact) mass is 284 g/mol. The molecule has 0 aliphatic heterocycles. The lowest BCUT2D eigenvalue weighted by atomic mass is 10.0. The van der Waals surface area contributed by atoms with Crippen LogP contribution >= 0.6 is 0 Å². The highest BCUT2D eigenvalue weighted by Crippen LogP contribution is 2.41. The zero-order chi connectivity index (χ0) is 15.0. The normalized spacial score (nSPS) is 20.6. The van der Waals surface area contributed by atoms with Crippen molar-refractivity contribution in [2.45, 2.75) is 45.1 Å². The Hall–Kier alpha value is -2.10. The van der Waals surface area contributed by atoms with Crippen molar-refractivity contribution in [1.82, 2.24) is 10.5 Å². The number of benzene rings is 1.